The van der Waals surface area contributed by atoms with E-state index in [1.807, 2.05) is 0 Å². The van der Waals surface area contributed by atoms with E-state index in [1.165, 1.54) is 0 Å². The summed E-state index contributed by atoms with van der Waals surface area (Å²) < 4.78 is 4.90. The summed E-state index contributed by atoms with van der Waals surface area (Å²) in [7, 11) is 0. The Morgan fingerprint density at radius 2 is 2.30 bits per heavy atom. The Hall–Kier alpha value is -1.08. The maximum absolute atomic E-state index is 5.04. The molecule has 0 radical (unpaired) electrons. The summed E-state index contributed by atoms with van der Waals surface area (Å²) in [5, 5.41) is 0. The first-order chi connectivity index (χ1) is 4.81. The van der Waals surface area contributed by atoms with Gasteiger partial charge in [-0.15, -0.1) is 6.42 Å². The standard InChI is InChI=1S/C9H12O/c1-4-6-7-8-10-9(3)5-2/h2,9H,4,6H2,1,3H3/t9-/m0/s1. The van der Waals surface area contributed by atoms with E-state index in [1.54, 1.807) is 6.92 Å². The van der Waals surface area contributed by atoms with Crippen molar-refractivity contribution in [2.24, 2.45) is 0 Å². The number of hydrogen-bond donors (Lipinski definition) is 0. The fourth-order valence-corrected chi connectivity index (χ4v) is 0.340. The SMILES string of the molecule is C#C[C@H](C)OC#CCCC. The zero-order valence-electron chi connectivity index (χ0n) is 6.48. The molecule has 0 aromatic heterocycles. The highest BCUT2D eigenvalue weighted by atomic mass is 16.5. The van der Waals surface area contributed by atoms with Gasteiger partial charge in [0.15, 0.2) is 6.10 Å². The maximum Gasteiger partial charge on any atom is 0.167 e. The molecule has 0 saturated heterocycles. The zero-order valence-corrected chi connectivity index (χ0v) is 6.48. The van der Waals surface area contributed by atoms with Gasteiger partial charge in [-0.3, -0.25) is 0 Å². The van der Waals surface area contributed by atoms with Gasteiger partial charge in [-0.25, -0.2) is 0 Å². The Morgan fingerprint density at radius 1 is 1.60 bits per heavy atom. The third-order valence-electron chi connectivity index (χ3n) is 0.918. The van der Waals surface area contributed by atoms with Gasteiger partial charge in [-0.2, -0.15) is 0 Å². The van der Waals surface area contributed by atoms with E-state index in [-0.39, 0.29) is 6.10 Å². The second-order valence-electron chi connectivity index (χ2n) is 1.96. The molecular weight excluding hydrogens is 124 g/mol. The topological polar surface area (TPSA) is 9.23 Å². The molecule has 0 saturated carbocycles. The molecular formula is C9H12O. The van der Waals surface area contributed by atoms with Crippen LogP contribution in [0.1, 0.15) is 26.7 Å². The molecule has 0 aliphatic carbocycles. The lowest BCUT2D eigenvalue weighted by Crippen LogP contribution is -1.98. The van der Waals surface area contributed by atoms with E-state index in [0.717, 1.165) is 12.8 Å². The molecule has 54 valence electrons. The minimum atomic E-state index is -0.190. The molecule has 0 aliphatic rings. The van der Waals surface area contributed by atoms with Crippen molar-refractivity contribution in [3.05, 3.63) is 0 Å². The van der Waals surface area contributed by atoms with Crippen molar-refractivity contribution in [1.82, 2.24) is 0 Å². The summed E-state index contributed by atoms with van der Waals surface area (Å²) in [6.45, 7) is 3.86. The molecule has 0 spiro atoms. The predicted molar refractivity (Wildman–Crippen MR) is 42.1 cm³/mol. The van der Waals surface area contributed by atoms with Gasteiger partial charge in [0.2, 0.25) is 0 Å². The van der Waals surface area contributed by atoms with Crippen molar-refractivity contribution in [3.8, 4) is 24.4 Å². The smallest absolute Gasteiger partial charge is 0.167 e. The van der Waals surface area contributed by atoms with Crippen LogP contribution in [-0.2, 0) is 4.74 Å². The Kier molecular flexibility index (Phi) is 5.39. The van der Waals surface area contributed by atoms with Crippen molar-refractivity contribution in [3.63, 3.8) is 0 Å². The van der Waals surface area contributed by atoms with Crippen molar-refractivity contribution in [1.29, 1.82) is 0 Å². The van der Waals surface area contributed by atoms with Gasteiger partial charge < -0.3 is 4.74 Å². The number of hydrogen-bond acceptors (Lipinski definition) is 1. The van der Waals surface area contributed by atoms with E-state index in [0.29, 0.717) is 0 Å². The van der Waals surface area contributed by atoms with Crippen LogP contribution in [0.3, 0.4) is 0 Å². The molecule has 0 fully saturated rings. The second kappa shape index (κ2) is 6.05. The van der Waals surface area contributed by atoms with Crippen LogP contribution in [0.15, 0.2) is 0 Å². The Morgan fingerprint density at radius 3 is 2.80 bits per heavy atom. The van der Waals surface area contributed by atoms with Crippen LogP contribution in [0, 0.1) is 24.4 Å². The monoisotopic (exact) mass is 136 g/mol. The molecule has 1 heteroatoms. The van der Waals surface area contributed by atoms with E-state index in [9.17, 15) is 0 Å². The lowest BCUT2D eigenvalue weighted by Gasteiger charge is -1.96. The Balaban J connectivity index is 3.38. The number of unbranched alkanes of at least 4 members (excludes halogenated alkanes) is 1. The fraction of sp³-hybridized carbons (Fsp3) is 0.556. The number of ether oxygens (including phenoxy) is 1. The Bertz CT molecular complexity index is 165. The normalized spacial score (nSPS) is 10.5. The molecule has 0 amide bonds. The van der Waals surface area contributed by atoms with Crippen molar-refractivity contribution in [2.75, 3.05) is 0 Å². The maximum atomic E-state index is 5.04. The highest BCUT2D eigenvalue weighted by molar-refractivity contribution is 4.97. The summed E-state index contributed by atoms with van der Waals surface area (Å²) in [4.78, 5) is 0. The molecule has 0 heterocycles. The highest BCUT2D eigenvalue weighted by Crippen LogP contribution is 1.86. The quantitative estimate of drug-likeness (QED) is 0.526. The lowest BCUT2D eigenvalue weighted by atomic mass is 10.4. The highest BCUT2D eigenvalue weighted by Gasteiger charge is 1.88. The number of terminal acetylenes is 1. The minimum absolute atomic E-state index is 0.190. The van der Waals surface area contributed by atoms with Crippen molar-refractivity contribution >= 4 is 0 Å². The van der Waals surface area contributed by atoms with E-state index in [2.05, 4.69) is 24.9 Å². The molecule has 1 nitrogen and oxygen atoms in total. The molecule has 0 aromatic rings. The molecule has 0 N–H and O–H groups in total. The van der Waals surface area contributed by atoms with Crippen LogP contribution in [0.25, 0.3) is 0 Å². The molecule has 10 heavy (non-hydrogen) atoms. The third kappa shape index (κ3) is 5.06. The van der Waals surface area contributed by atoms with Crippen LogP contribution in [0.5, 0.6) is 0 Å². The first-order valence-electron chi connectivity index (χ1n) is 3.41. The van der Waals surface area contributed by atoms with Gasteiger partial charge in [0, 0.05) is 6.42 Å². The Labute approximate surface area is 62.8 Å². The largest absolute Gasteiger partial charge is 0.430 e. The van der Waals surface area contributed by atoms with Crippen molar-refractivity contribution in [2.45, 2.75) is 32.8 Å². The van der Waals surface area contributed by atoms with Gasteiger partial charge in [0.1, 0.15) is 6.11 Å². The van der Waals surface area contributed by atoms with E-state index >= 15 is 0 Å². The van der Waals surface area contributed by atoms with Gasteiger partial charge >= 0.3 is 0 Å². The summed E-state index contributed by atoms with van der Waals surface area (Å²) in [6.07, 6.45) is 9.33. The zero-order chi connectivity index (χ0) is 7.82. The summed E-state index contributed by atoms with van der Waals surface area (Å²) in [5.74, 6) is 5.25. The first kappa shape index (κ1) is 8.92. The molecule has 0 unspecified atom stereocenters. The molecule has 1 atom stereocenters. The minimum Gasteiger partial charge on any atom is -0.430 e. The van der Waals surface area contributed by atoms with E-state index < -0.39 is 0 Å². The van der Waals surface area contributed by atoms with Gasteiger partial charge in [0.25, 0.3) is 0 Å². The van der Waals surface area contributed by atoms with Crippen LogP contribution in [-0.4, -0.2) is 6.10 Å². The summed E-state index contributed by atoms with van der Waals surface area (Å²) in [6, 6.07) is 0. The van der Waals surface area contributed by atoms with Gasteiger partial charge in [-0.05, 0) is 13.3 Å². The predicted octanol–water partition coefficient (Wildman–Crippen LogP) is 1.79. The second-order valence-corrected chi connectivity index (χ2v) is 1.96. The molecule has 0 aromatic carbocycles. The van der Waals surface area contributed by atoms with Crippen LogP contribution in [0.2, 0.25) is 0 Å². The van der Waals surface area contributed by atoms with Crippen LogP contribution < -0.4 is 0 Å². The van der Waals surface area contributed by atoms with Crippen LogP contribution in [0.4, 0.5) is 0 Å². The molecule has 0 aliphatic heterocycles. The first-order valence-corrected chi connectivity index (χ1v) is 3.41. The molecule has 0 rings (SSSR count). The average molecular weight is 136 g/mol. The summed E-state index contributed by atoms with van der Waals surface area (Å²) in [5.41, 5.74) is 0. The fourth-order valence-electron chi connectivity index (χ4n) is 0.340. The van der Waals surface area contributed by atoms with Crippen molar-refractivity contribution < 1.29 is 4.74 Å². The third-order valence-corrected chi connectivity index (χ3v) is 0.918. The molecule has 0 bridgehead atoms. The van der Waals surface area contributed by atoms with Crippen LogP contribution >= 0.6 is 0 Å². The summed E-state index contributed by atoms with van der Waals surface area (Å²) >= 11 is 0. The van der Waals surface area contributed by atoms with Gasteiger partial charge in [0.05, 0.1) is 0 Å². The van der Waals surface area contributed by atoms with Gasteiger partial charge in [-0.1, -0.05) is 18.8 Å². The lowest BCUT2D eigenvalue weighted by molar-refractivity contribution is 0.239. The van der Waals surface area contributed by atoms with E-state index in [4.69, 9.17) is 11.2 Å². The number of rotatable bonds is 2. The average Bonchev–Trinajstić information content (AvgIpc) is 1.98.